The number of carbonyl (C=O) groups is 3. The highest BCUT2D eigenvalue weighted by molar-refractivity contribution is 6.08. The Hall–Kier alpha value is -3.70. The van der Waals surface area contributed by atoms with Crippen molar-refractivity contribution >= 4 is 34.9 Å². The van der Waals surface area contributed by atoms with Crippen LogP contribution in [0.4, 0.5) is 10.6 Å². The molecule has 3 aromatic rings. The first-order valence-corrected chi connectivity index (χ1v) is 12.1. The highest BCUT2D eigenvalue weighted by atomic mass is 16.6. The van der Waals surface area contributed by atoms with E-state index in [4.69, 9.17) is 13.9 Å². The second-order valence-corrected chi connectivity index (χ2v) is 8.65. The van der Waals surface area contributed by atoms with Gasteiger partial charge in [-0.1, -0.05) is 19.1 Å². The Morgan fingerprint density at radius 3 is 2.44 bits per heavy atom. The summed E-state index contributed by atoms with van der Waals surface area (Å²) in [6.45, 7) is 8.82. The third-order valence-corrected chi connectivity index (χ3v) is 5.89. The molecule has 3 heterocycles. The van der Waals surface area contributed by atoms with Gasteiger partial charge < -0.3 is 24.1 Å². The van der Waals surface area contributed by atoms with E-state index in [9.17, 15) is 14.4 Å². The largest absolute Gasteiger partial charge is 0.460 e. The first-order chi connectivity index (χ1) is 17.4. The van der Waals surface area contributed by atoms with Crippen LogP contribution in [0.25, 0.3) is 11.1 Å². The summed E-state index contributed by atoms with van der Waals surface area (Å²) >= 11 is 0. The zero-order valence-corrected chi connectivity index (χ0v) is 20.8. The summed E-state index contributed by atoms with van der Waals surface area (Å²) in [6.07, 6.45) is -0.108. The van der Waals surface area contributed by atoms with Crippen molar-refractivity contribution in [1.29, 1.82) is 0 Å². The summed E-state index contributed by atoms with van der Waals surface area (Å²) in [5.74, 6) is -1.20. The standard InChI is InChI=1S/C25H31N5O6/c1-4-14-35-24(32)20-15-19-21(36-20)22(27-30(19)25(33)34-5-2)26-23(31)18-8-6-17(7-9-18)16-29-12-10-28(3)11-13-29/h6-9,15H,4-5,10-14,16H2,1-3H3,(H,26,27,31). The number of hydrogen-bond acceptors (Lipinski definition) is 9. The number of anilines is 1. The maximum absolute atomic E-state index is 13.0. The monoisotopic (exact) mass is 497 g/mol. The topological polar surface area (TPSA) is 119 Å². The third kappa shape index (κ3) is 5.74. The molecule has 1 aromatic carbocycles. The molecule has 36 heavy (non-hydrogen) atoms. The SMILES string of the molecule is CCCOC(=O)c1cc2c(o1)c(NC(=O)c1ccc(CN3CCN(C)CC3)cc1)nn2C(=O)OCC. The second kappa shape index (κ2) is 11.4. The van der Waals surface area contributed by atoms with Gasteiger partial charge in [0.05, 0.1) is 13.2 Å². The normalized spacial score (nSPS) is 14.6. The van der Waals surface area contributed by atoms with E-state index in [1.54, 1.807) is 19.1 Å². The van der Waals surface area contributed by atoms with Crippen LogP contribution in [0.15, 0.2) is 34.7 Å². The number of ether oxygens (including phenoxy) is 2. The fourth-order valence-corrected chi connectivity index (χ4v) is 3.89. The Balaban J connectivity index is 1.51. The summed E-state index contributed by atoms with van der Waals surface area (Å²) in [6, 6.07) is 8.69. The van der Waals surface area contributed by atoms with Gasteiger partial charge in [-0.15, -0.1) is 5.10 Å². The van der Waals surface area contributed by atoms with Crippen molar-refractivity contribution in [2.45, 2.75) is 26.8 Å². The molecule has 11 nitrogen and oxygen atoms in total. The van der Waals surface area contributed by atoms with Crippen molar-refractivity contribution < 1.29 is 28.3 Å². The number of likely N-dealkylation sites (N-methyl/N-ethyl adjacent to an activating group) is 1. The van der Waals surface area contributed by atoms with E-state index >= 15 is 0 Å². The average molecular weight is 498 g/mol. The zero-order valence-electron chi connectivity index (χ0n) is 20.8. The molecule has 0 atom stereocenters. The molecular weight excluding hydrogens is 466 g/mol. The zero-order chi connectivity index (χ0) is 25.7. The lowest BCUT2D eigenvalue weighted by atomic mass is 10.1. The predicted molar refractivity (Wildman–Crippen MR) is 132 cm³/mol. The number of hydrogen-bond donors (Lipinski definition) is 1. The van der Waals surface area contributed by atoms with Crippen LogP contribution in [0.1, 0.15) is 46.7 Å². The molecule has 11 heteroatoms. The van der Waals surface area contributed by atoms with Crippen molar-refractivity contribution in [2.75, 3.05) is 51.8 Å². The molecule has 192 valence electrons. The third-order valence-electron chi connectivity index (χ3n) is 5.89. The Morgan fingerprint density at radius 2 is 1.78 bits per heavy atom. The van der Waals surface area contributed by atoms with Gasteiger partial charge in [0.1, 0.15) is 5.52 Å². The van der Waals surface area contributed by atoms with E-state index in [2.05, 4.69) is 27.3 Å². The first-order valence-electron chi connectivity index (χ1n) is 12.1. The molecule has 0 unspecified atom stereocenters. The quantitative estimate of drug-likeness (QED) is 0.468. The number of aromatic nitrogens is 2. The molecule has 1 fully saturated rings. The lowest BCUT2D eigenvalue weighted by Crippen LogP contribution is -2.43. The number of rotatable bonds is 8. The number of benzene rings is 1. The van der Waals surface area contributed by atoms with E-state index in [1.807, 2.05) is 19.1 Å². The van der Waals surface area contributed by atoms with Gasteiger partial charge in [-0.25, -0.2) is 9.59 Å². The molecule has 0 bridgehead atoms. The number of amides is 1. The molecule has 0 saturated carbocycles. The van der Waals surface area contributed by atoms with Crippen molar-refractivity contribution in [2.24, 2.45) is 0 Å². The van der Waals surface area contributed by atoms with Crippen LogP contribution in [0.5, 0.6) is 0 Å². The molecule has 1 N–H and O–H groups in total. The maximum atomic E-state index is 13.0. The number of carbonyl (C=O) groups excluding carboxylic acids is 3. The number of nitrogens with one attached hydrogen (secondary N) is 1. The Bertz CT molecular complexity index is 1220. The highest BCUT2D eigenvalue weighted by Crippen LogP contribution is 2.28. The van der Waals surface area contributed by atoms with Gasteiger partial charge in [0.2, 0.25) is 5.76 Å². The van der Waals surface area contributed by atoms with Crippen molar-refractivity contribution in [3.05, 3.63) is 47.2 Å². The molecule has 0 radical (unpaired) electrons. The first kappa shape index (κ1) is 25.4. The summed E-state index contributed by atoms with van der Waals surface area (Å²) in [5, 5.41) is 6.83. The van der Waals surface area contributed by atoms with E-state index in [0.717, 1.165) is 43.0 Å². The van der Waals surface area contributed by atoms with Gasteiger partial charge >= 0.3 is 12.1 Å². The molecule has 1 aliphatic rings. The molecular formula is C25H31N5O6. The van der Waals surface area contributed by atoms with Gasteiger partial charge in [-0.3, -0.25) is 9.69 Å². The lowest BCUT2D eigenvalue weighted by molar-refractivity contribution is 0.0471. The van der Waals surface area contributed by atoms with E-state index in [1.165, 1.54) is 6.07 Å². The predicted octanol–water partition coefficient (Wildman–Crippen LogP) is 3.20. The van der Waals surface area contributed by atoms with Crippen LogP contribution in [-0.4, -0.2) is 84.0 Å². The van der Waals surface area contributed by atoms with Crippen molar-refractivity contribution in [1.82, 2.24) is 19.6 Å². The van der Waals surface area contributed by atoms with Crippen molar-refractivity contribution in [3.63, 3.8) is 0 Å². The van der Waals surface area contributed by atoms with Crippen LogP contribution in [0, 0.1) is 0 Å². The summed E-state index contributed by atoms with van der Waals surface area (Å²) < 4.78 is 16.7. The van der Waals surface area contributed by atoms with Gasteiger partial charge in [-0.2, -0.15) is 4.68 Å². The Kier molecular flexibility index (Phi) is 8.01. The van der Waals surface area contributed by atoms with Crippen LogP contribution in [-0.2, 0) is 16.0 Å². The number of nitrogens with zero attached hydrogens (tertiary/aromatic N) is 4. The van der Waals surface area contributed by atoms with Crippen molar-refractivity contribution in [3.8, 4) is 0 Å². The van der Waals surface area contributed by atoms with Crippen LogP contribution in [0.3, 0.4) is 0 Å². The molecule has 4 rings (SSSR count). The molecule has 0 aliphatic carbocycles. The van der Waals surface area contributed by atoms with E-state index < -0.39 is 18.0 Å². The number of piperazine rings is 1. The minimum absolute atomic E-state index is 0.000826. The Labute approximate surface area is 208 Å². The number of esters is 1. The van der Waals surface area contributed by atoms with Crippen LogP contribution >= 0.6 is 0 Å². The highest BCUT2D eigenvalue weighted by Gasteiger charge is 2.25. The molecule has 1 amide bonds. The molecule has 2 aromatic heterocycles. The van der Waals surface area contributed by atoms with Gasteiger partial charge in [-0.05, 0) is 38.1 Å². The molecule has 0 spiro atoms. The summed E-state index contributed by atoms with van der Waals surface area (Å²) in [4.78, 5) is 42.3. The van der Waals surface area contributed by atoms with E-state index in [0.29, 0.717) is 12.0 Å². The lowest BCUT2D eigenvalue weighted by Gasteiger charge is -2.32. The minimum Gasteiger partial charge on any atom is -0.460 e. The summed E-state index contributed by atoms with van der Waals surface area (Å²) in [7, 11) is 2.12. The number of fused-ring (bicyclic) bond motifs is 1. The van der Waals surface area contributed by atoms with Crippen LogP contribution < -0.4 is 5.32 Å². The van der Waals surface area contributed by atoms with Gasteiger partial charge in [0.15, 0.2) is 11.4 Å². The minimum atomic E-state index is -0.759. The molecule has 1 saturated heterocycles. The molecule has 1 aliphatic heterocycles. The second-order valence-electron chi connectivity index (χ2n) is 8.65. The fraction of sp³-hybridized carbons (Fsp3) is 0.440. The van der Waals surface area contributed by atoms with Gasteiger partial charge in [0.25, 0.3) is 5.91 Å². The van der Waals surface area contributed by atoms with Gasteiger partial charge in [0, 0.05) is 44.4 Å². The summed E-state index contributed by atoms with van der Waals surface area (Å²) in [5.41, 5.74) is 1.80. The smallest absolute Gasteiger partial charge is 0.435 e. The fourth-order valence-electron chi connectivity index (χ4n) is 3.89. The average Bonchev–Trinajstić information content (AvgIpc) is 3.45. The number of furan rings is 1. The maximum Gasteiger partial charge on any atom is 0.435 e. The Morgan fingerprint density at radius 1 is 1.06 bits per heavy atom. The van der Waals surface area contributed by atoms with Crippen LogP contribution in [0.2, 0.25) is 0 Å². The van der Waals surface area contributed by atoms with E-state index in [-0.39, 0.29) is 35.9 Å².